The maximum absolute atomic E-state index is 10.6. The summed E-state index contributed by atoms with van der Waals surface area (Å²) in [6.07, 6.45) is 7.57. The molecule has 0 aliphatic carbocycles. The number of aromatic hydroxyl groups is 2. The highest BCUT2D eigenvalue weighted by atomic mass is 32.2. The van der Waals surface area contributed by atoms with Crippen molar-refractivity contribution in [3.05, 3.63) is 47.5 Å². The van der Waals surface area contributed by atoms with Crippen LogP contribution >= 0.6 is 15.8 Å². The molecular weight excluding hydrogens is 766 g/mol. The fourth-order valence-electron chi connectivity index (χ4n) is 4.00. The van der Waals surface area contributed by atoms with Gasteiger partial charge in [-0.1, -0.05) is 0 Å². The molecule has 0 fully saturated rings. The summed E-state index contributed by atoms with van der Waals surface area (Å²) < 4.78 is 81.9. The molecule has 0 aliphatic heterocycles. The number of benzene rings is 2. The Morgan fingerprint density at radius 2 is 0.808 bits per heavy atom. The van der Waals surface area contributed by atoms with Crippen molar-refractivity contribution in [3.8, 4) is 11.5 Å². The van der Waals surface area contributed by atoms with Crippen LogP contribution in [0, 0.1) is 0 Å². The van der Waals surface area contributed by atoms with Gasteiger partial charge in [0.1, 0.15) is 22.6 Å². The molecule has 0 atom stereocenters. The third kappa shape index (κ3) is 21.9. The number of hydrogen-bond acceptors (Lipinski definition) is 12. The van der Waals surface area contributed by atoms with E-state index in [0.29, 0.717) is 12.1 Å². The first-order chi connectivity index (χ1) is 24.4. The maximum Gasteiger partial charge on any atom is 0.339 e. The Balaban J connectivity index is 0.000000795. The molecule has 0 unspecified atom stereocenters. The minimum atomic E-state index is -4.45. The lowest BCUT2D eigenvalue weighted by Crippen LogP contribution is -2.11. The van der Waals surface area contributed by atoms with Gasteiger partial charge < -0.3 is 39.4 Å². The van der Waals surface area contributed by atoms with Gasteiger partial charge in [-0.2, -0.15) is 16.8 Å². The van der Waals surface area contributed by atoms with Gasteiger partial charge in [0.05, 0.1) is 36.2 Å². The number of hydrogen-bond donors (Lipinski definition) is 6. The van der Waals surface area contributed by atoms with Crippen LogP contribution in [0.2, 0.25) is 0 Å². The summed E-state index contributed by atoms with van der Waals surface area (Å²) >= 11 is 0. The number of phenols is 2. The second-order valence-electron chi connectivity index (χ2n) is 10.4. The van der Waals surface area contributed by atoms with Crippen molar-refractivity contribution in [2.75, 3.05) is 89.8 Å². The Morgan fingerprint density at radius 1 is 0.538 bits per heavy atom. The smallest absolute Gasteiger partial charge is 0.339 e. The van der Waals surface area contributed by atoms with Crippen LogP contribution in [0.15, 0.2) is 46.2 Å². The first kappa shape index (κ1) is 49.5. The van der Waals surface area contributed by atoms with Gasteiger partial charge in [-0.05, 0) is 101 Å². The monoisotopic (exact) mass is 818 g/mol. The largest absolute Gasteiger partial charge is 0.507 e. The summed E-state index contributed by atoms with van der Waals surface area (Å²) in [4.78, 5) is 19.8. The number of carbonyl (C=O) groups is 2. The van der Waals surface area contributed by atoms with E-state index < -0.39 is 64.6 Å². The van der Waals surface area contributed by atoms with Crippen molar-refractivity contribution in [2.45, 2.75) is 37.5 Å². The molecule has 20 heteroatoms. The Kier molecular flexibility index (Phi) is 25.8. The summed E-state index contributed by atoms with van der Waals surface area (Å²) in [7, 11) is -8.84. The van der Waals surface area contributed by atoms with E-state index in [1.54, 1.807) is 0 Å². The third-order valence-electron chi connectivity index (χ3n) is 6.75. The number of ether oxygens (including phenoxy) is 4. The lowest BCUT2D eigenvalue weighted by atomic mass is 10.2. The van der Waals surface area contributed by atoms with Gasteiger partial charge in [-0.3, -0.25) is 9.11 Å². The molecule has 0 bridgehead atoms. The van der Waals surface area contributed by atoms with Crippen LogP contribution in [0.4, 0.5) is 0 Å². The molecule has 16 nitrogen and oxygen atoms in total. The molecule has 0 aromatic heterocycles. The molecule has 0 heterocycles. The molecule has 2 aromatic carbocycles. The lowest BCUT2D eigenvalue weighted by molar-refractivity contribution is 0.0682. The first-order valence-electron chi connectivity index (χ1n) is 16.3. The van der Waals surface area contributed by atoms with Crippen molar-refractivity contribution in [2.24, 2.45) is 0 Å². The van der Waals surface area contributed by atoms with Crippen LogP contribution in [-0.4, -0.2) is 148 Å². The van der Waals surface area contributed by atoms with Crippen LogP contribution < -0.4 is 0 Å². The molecule has 298 valence electrons. The van der Waals surface area contributed by atoms with Crippen LogP contribution in [0.25, 0.3) is 0 Å². The number of carboxylic acids is 2. The van der Waals surface area contributed by atoms with Crippen LogP contribution in [-0.2, 0) is 39.2 Å². The highest BCUT2D eigenvalue weighted by Gasteiger charge is 2.18. The van der Waals surface area contributed by atoms with Crippen LogP contribution in [0.3, 0.4) is 0 Å². The molecule has 0 radical (unpaired) electrons. The van der Waals surface area contributed by atoms with E-state index in [4.69, 9.17) is 48.5 Å². The lowest BCUT2D eigenvalue weighted by Gasteiger charge is -2.22. The Bertz CT molecular complexity index is 1420. The van der Waals surface area contributed by atoms with E-state index >= 15 is 0 Å². The second kappa shape index (κ2) is 27.1. The fraction of sp³-hybridized carbons (Fsp3) is 0.562. The van der Waals surface area contributed by atoms with E-state index in [-0.39, 0.29) is 15.8 Å². The van der Waals surface area contributed by atoms with Crippen molar-refractivity contribution in [1.29, 1.82) is 0 Å². The predicted molar refractivity (Wildman–Crippen MR) is 199 cm³/mol. The fourth-order valence-corrected chi connectivity index (χ4v) is 10.2. The van der Waals surface area contributed by atoms with Gasteiger partial charge in [0, 0.05) is 26.4 Å². The van der Waals surface area contributed by atoms with E-state index in [9.17, 15) is 26.4 Å². The van der Waals surface area contributed by atoms with E-state index in [2.05, 4.69) is 27.7 Å². The zero-order valence-corrected chi connectivity index (χ0v) is 33.3. The average molecular weight is 819 g/mol. The molecular formula is C32H52O16P2S2. The number of rotatable bonds is 23. The maximum atomic E-state index is 10.6. The van der Waals surface area contributed by atoms with Gasteiger partial charge >= 0.3 is 11.9 Å². The van der Waals surface area contributed by atoms with Crippen LogP contribution in [0.5, 0.6) is 11.5 Å². The van der Waals surface area contributed by atoms with E-state index in [1.165, 1.54) is 37.0 Å². The summed E-state index contributed by atoms with van der Waals surface area (Å²) in [5.41, 5.74) is -1.17. The second-order valence-corrected chi connectivity index (χ2v) is 18.6. The van der Waals surface area contributed by atoms with Gasteiger partial charge in [0.2, 0.25) is 0 Å². The molecule has 2 aromatic rings. The number of carboxylic acid groups (broad SMARTS) is 2. The Labute approximate surface area is 308 Å². The predicted octanol–water partition coefficient (Wildman–Crippen LogP) is 4.77. The minimum absolute atomic E-state index is 0.0310. The molecule has 6 N–H and O–H groups in total. The molecule has 0 saturated carbocycles. The van der Waals surface area contributed by atoms with Crippen molar-refractivity contribution < 1.29 is 74.9 Å². The number of aromatic carboxylic acids is 2. The first-order valence-corrected chi connectivity index (χ1v) is 22.9. The van der Waals surface area contributed by atoms with Gasteiger partial charge in [0.15, 0.2) is 0 Å². The van der Waals surface area contributed by atoms with Crippen molar-refractivity contribution >= 4 is 48.0 Å². The molecule has 52 heavy (non-hydrogen) atoms. The SMILES string of the molecule is CCOCCP(CCOCC)CCP(CCOCC)CCOCC.O=C(O)c1cc(S(=O)(=O)O)ccc1O.O=C(O)c1cc(S(=O)(=O)O)ccc1O. The summed E-state index contributed by atoms with van der Waals surface area (Å²) in [6.45, 7) is 15.2. The minimum Gasteiger partial charge on any atom is -0.507 e. The summed E-state index contributed by atoms with van der Waals surface area (Å²) in [5, 5.41) is 35.1. The molecule has 2 rings (SSSR count). The van der Waals surface area contributed by atoms with Gasteiger partial charge in [-0.25, -0.2) is 9.59 Å². The van der Waals surface area contributed by atoms with Crippen molar-refractivity contribution in [1.82, 2.24) is 0 Å². The zero-order valence-electron chi connectivity index (χ0n) is 29.8. The molecule has 0 aliphatic rings. The van der Waals surface area contributed by atoms with Crippen molar-refractivity contribution in [3.63, 3.8) is 0 Å². The Morgan fingerprint density at radius 3 is 1.02 bits per heavy atom. The van der Waals surface area contributed by atoms with Crippen LogP contribution in [0.1, 0.15) is 48.4 Å². The summed E-state index contributed by atoms with van der Waals surface area (Å²) in [5.74, 6) is -4.09. The average Bonchev–Trinajstić information content (AvgIpc) is 3.06. The summed E-state index contributed by atoms with van der Waals surface area (Å²) in [6, 6.07) is 4.91. The van der Waals surface area contributed by atoms with E-state index in [0.717, 1.165) is 77.1 Å². The highest BCUT2D eigenvalue weighted by Crippen LogP contribution is 2.42. The molecule has 0 saturated heterocycles. The zero-order chi connectivity index (χ0) is 39.7. The quantitative estimate of drug-likeness (QED) is 0.0501. The molecule has 0 spiro atoms. The highest BCUT2D eigenvalue weighted by molar-refractivity contribution is 7.86. The molecule has 0 amide bonds. The topological polar surface area (TPSA) is 261 Å². The third-order valence-corrected chi connectivity index (χ3v) is 13.8. The van der Waals surface area contributed by atoms with E-state index in [1.807, 2.05) is 0 Å². The standard InChI is InChI=1S/C18H40O4P2.2C7H6O6S/c1-5-19-9-13-23(14-10-20-6-2)17-18-24(15-11-21-7-3)16-12-22-8-4;2*8-6-2-1-4(14(11,12)13)3-5(6)7(9)10/h5-18H2,1-4H3;2*1-3,8H,(H,9,10)(H,11,12,13). The normalized spacial score (nSPS) is 11.5. The van der Waals surface area contributed by atoms with Gasteiger partial charge in [-0.15, -0.1) is 15.8 Å². The van der Waals surface area contributed by atoms with Gasteiger partial charge in [0.25, 0.3) is 20.2 Å². The Hall–Kier alpha value is -2.50.